The molecule has 9 nitrogen and oxygen atoms in total. The number of rotatable bonds is 6. The molecule has 0 aliphatic rings. The van der Waals surface area contributed by atoms with Gasteiger partial charge >= 0.3 is 5.69 Å². The summed E-state index contributed by atoms with van der Waals surface area (Å²) in [7, 11) is 1.31. The molecule has 2 rings (SSSR count). The number of nitro groups is 1. The fourth-order valence-electron chi connectivity index (χ4n) is 2.24. The van der Waals surface area contributed by atoms with E-state index in [1.54, 1.807) is 25.3 Å². The molecule has 0 aliphatic heterocycles. The van der Waals surface area contributed by atoms with E-state index in [0.29, 0.717) is 11.3 Å². The first-order valence-electron chi connectivity index (χ1n) is 7.23. The number of methoxy groups -OCH3 is 1. The van der Waals surface area contributed by atoms with Crippen LogP contribution < -0.4 is 20.4 Å². The smallest absolute Gasteiger partial charge is 0.311 e. The summed E-state index contributed by atoms with van der Waals surface area (Å²) in [6.45, 7) is 1.59. The van der Waals surface area contributed by atoms with Crippen molar-refractivity contribution < 1.29 is 23.8 Å². The SMILES string of the molecule is COc1cc(NC(=O)C[n+]2cccc(C(N)=O)c2)c(C)cc1[N+](=O)[O-]. The summed E-state index contributed by atoms with van der Waals surface area (Å²) in [6, 6.07) is 5.88. The summed E-state index contributed by atoms with van der Waals surface area (Å²) in [5.41, 5.74) is 6.23. The molecule has 0 fully saturated rings. The highest BCUT2D eigenvalue weighted by molar-refractivity contribution is 5.92. The summed E-state index contributed by atoms with van der Waals surface area (Å²) < 4.78 is 6.50. The lowest BCUT2D eigenvalue weighted by molar-refractivity contribution is -0.684. The van der Waals surface area contributed by atoms with Gasteiger partial charge in [0, 0.05) is 23.9 Å². The highest BCUT2D eigenvalue weighted by Gasteiger charge is 2.19. The molecule has 2 aromatic rings. The number of aromatic nitrogens is 1. The normalized spacial score (nSPS) is 10.2. The second-order valence-electron chi connectivity index (χ2n) is 5.27. The van der Waals surface area contributed by atoms with Gasteiger partial charge in [0.05, 0.1) is 12.0 Å². The molecule has 0 aliphatic carbocycles. The van der Waals surface area contributed by atoms with Crippen molar-refractivity contribution in [2.45, 2.75) is 13.5 Å². The topological polar surface area (TPSA) is 128 Å². The Morgan fingerprint density at radius 3 is 2.72 bits per heavy atom. The van der Waals surface area contributed by atoms with Gasteiger partial charge in [-0.05, 0) is 18.6 Å². The minimum absolute atomic E-state index is 0.0503. The molecule has 2 amide bonds. The van der Waals surface area contributed by atoms with Crippen molar-refractivity contribution in [3.05, 3.63) is 57.9 Å². The molecular formula is C16H17N4O5+. The fourth-order valence-corrected chi connectivity index (χ4v) is 2.24. The van der Waals surface area contributed by atoms with Gasteiger partial charge in [-0.3, -0.25) is 19.7 Å². The lowest BCUT2D eigenvalue weighted by Gasteiger charge is -2.10. The van der Waals surface area contributed by atoms with Crippen molar-refractivity contribution in [2.75, 3.05) is 12.4 Å². The number of nitrogens with two attached hydrogens (primary N) is 1. The Morgan fingerprint density at radius 2 is 2.12 bits per heavy atom. The van der Waals surface area contributed by atoms with Crippen molar-refractivity contribution in [1.29, 1.82) is 0 Å². The van der Waals surface area contributed by atoms with E-state index in [1.807, 2.05) is 0 Å². The number of nitrogens with zero attached hydrogens (tertiary/aromatic N) is 2. The second-order valence-corrected chi connectivity index (χ2v) is 5.27. The first-order valence-corrected chi connectivity index (χ1v) is 7.23. The van der Waals surface area contributed by atoms with Gasteiger partial charge < -0.3 is 15.8 Å². The lowest BCUT2D eigenvalue weighted by atomic mass is 10.1. The molecular weight excluding hydrogens is 328 g/mol. The molecule has 3 N–H and O–H groups in total. The van der Waals surface area contributed by atoms with E-state index >= 15 is 0 Å². The fraction of sp³-hybridized carbons (Fsp3) is 0.188. The van der Waals surface area contributed by atoms with Crippen LogP contribution in [0, 0.1) is 17.0 Å². The number of aryl methyl sites for hydroxylation is 1. The molecule has 0 radical (unpaired) electrons. The van der Waals surface area contributed by atoms with Crippen LogP contribution in [0.5, 0.6) is 5.75 Å². The summed E-state index contributed by atoms with van der Waals surface area (Å²) in [4.78, 5) is 33.8. The van der Waals surface area contributed by atoms with E-state index in [2.05, 4.69) is 5.32 Å². The van der Waals surface area contributed by atoms with Crippen molar-refractivity contribution in [1.82, 2.24) is 0 Å². The molecule has 1 heterocycles. The molecule has 0 atom stereocenters. The maximum absolute atomic E-state index is 12.2. The number of hydrogen-bond acceptors (Lipinski definition) is 5. The highest BCUT2D eigenvalue weighted by Crippen LogP contribution is 2.32. The second kappa shape index (κ2) is 7.39. The number of amides is 2. The van der Waals surface area contributed by atoms with Crippen LogP contribution in [0.25, 0.3) is 0 Å². The van der Waals surface area contributed by atoms with Gasteiger partial charge in [-0.15, -0.1) is 0 Å². The van der Waals surface area contributed by atoms with Crippen molar-refractivity contribution >= 4 is 23.2 Å². The zero-order valence-corrected chi connectivity index (χ0v) is 13.7. The zero-order chi connectivity index (χ0) is 18.6. The van der Waals surface area contributed by atoms with Crippen molar-refractivity contribution in [3.63, 3.8) is 0 Å². The third kappa shape index (κ3) is 4.28. The average molecular weight is 345 g/mol. The van der Waals surface area contributed by atoms with Crippen LogP contribution >= 0.6 is 0 Å². The van der Waals surface area contributed by atoms with Gasteiger partial charge in [-0.1, -0.05) is 0 Å². The molecule has 1 aromatic heterocycles. The molecule has 25 heavy (non-hydrogen) atoms. The Balaban J connectivity index is 2.19. The average Bonchev–Trinajstić information content (AvgIpc) is 2.56. The van der Waals surface area contributed by atoms with Crippen LogP contribution in [-0.4, -0.2) is 23.8 Å². The minimum Gasteiger partial charge on any atom is -0.490 e. The van der Waals surface area contributed by atoms with Crippen LogP contribution in [0.3, 0.4) is 0 Å². The van der Waals surface area contributed by atoms with Crippen LogP contribution in [0.15, 0.2) is 36.7 Å². The molecule has 1 aromatic carbocycles. The maximum atomic E-state index is 12.2. The minimum atomic E-state index is -0.592. The third-order valence-electron chi connectivity index (χ3n) is 3.47. The van der Waals surface area contributed by atoms with Gasteiger partial charge in [0.1, 0.15) is 5.56 Å². The predicted molar refractivity (Wildman–Crippen MR) is 88.2 cm³/mol. The Labute approximate surface area is 143 Å². The van der Waals surface area contributed by atoms with E-state index in [9.17, 15) is 19.7 Å². The summed E-state index contributed by atoms with van der Waals surface area (Å²) in [6.07, 6.45) is 3.08. The summed E-state index contributed by atoms with van der Waals surface area (Å²) >= 11 is 0. The summed E-state index contributed by atoms with van der Waals surface area (Å²) in [5, 5.41) is 13.7. The number of carbonyl (C=O) groups excluding carboxylic acids is 2. The van der Waals surface area contributed by atoms with Gasteiger partial charge in [-0.2, -0.15) is 4.57 Å². The quantitative estimate of drug-likeness (QED) is 0.457. The maximum Gasteiger partial charge on any atom is 0.311 e. The monoisotopic (exact) mass is 345 g/mol. The number of hydrogen-bond donors (Lipinski definition) is 2. The van der Waals surface area contributed by atoms with Gasteiger partial charge in [0.25, 0.3) is 11.8 Å². The summed E-state index contributed by atoms with van der Waals surface area (Å²) in [5.74, 6) is -0.911. The first kappa shape index (κ1) is 17.9. The zero-order valence-electron chi connectivity index (χ0n) is 13.7. The van der Waals surface area contributed by atoms with E-state index < -0.39 is 10.8 Å². The molecule has 130 valence electrons. The lowest BCUT2D eigenvalue weighted by Crippen LogP contribution is -2.40. The van der Waals surface area contributed by atoms with Crippen LogP contribution in [0.4, 0.5) is 11.4 Å². The number of carbonyl (C=O) groups is 2. The molecule has 0 saturated carbocycles. The number of ether oxygens (including phenoxy) is 1. The van der Waals surface area contributed by atoms with Crippen LogP contribution in [-0.2, 0) is 11.3 Å². The van der Waals surface area contributed by atoms with E-state index in [-0.39, 0.29) is 29.5 Å². The standard InChI is InChI=1S/C16H16N4O5/c1-10-6-13(20(23)24)14(25-2)7-12(10)18-15(21)9-19-5-3-4-11(8-19)16(17)22/h3-8H,9H2,1-2H3,(H2-,17,18,21,22)/p+1. The molecule has 0 unspecified atom stereocenters. The number of benzene rings is 1. The Bertz CT molecular complexity index is 850. The first-order chi connectivity index (χ1) is 11.8. The number of nitrogens with one attached hydrogen (secondary N) is 1. The number of primary amides is 1. The van der Waals surface area contributed by atoms with E-state index in [1.165, 1.54) is 30.0 Å². The highest BCUT2D eigenvalue weighted by atomic mass is 16.6. The molecule has 9 heteroatoms. The number of nitro benzene ring substituents is 1. The Kier molecular flexibility index (Phi) is 5.28. The van der Waals surface area contributed by atoms with Gasteiger partial charge in [0.15, 0.2) is 18.1 Å². The molecule has 0 spiro atoms. The van der Waals surface area contributed by atoms with Crippen LogP contribution in [0.1, 0.15) is 15.9 Å². The Hall–Kier alpha value is -3.49. The van der Waals surface area contributed by atoms with Gasteiger partial charge in [-0.25, -0.2) is 0 Å². The molecule has 0 bridgehead atoms. The number of anilines is 1. The van der Waals surface area contributed by atoms with E-state index in [4.69, 9.17) is 10.5 Å². The number of pyridine rings is 1. The van der Waals surface area contributed by atoms with Crippen molar-refractivity contribution in [3.8, 4) is 5.75 Å². The molecule has 0 saturated heterocycles. The van der Waals surface area contributed by atoms with Gasteiger partial charge in [0.2, 0.25) is 6.54 Å². The Morgan fingerprint density at radius 1 is 1.40 bits per heavy atom. The largest absolute Gasteiger partial charge is 0.490 e. The predicted octanol–water partition coefficient (Wildman–Crippen LogP) is 0.937. The van der Waals surface area contributed by atoms with Crippen molar-refractivity contribution in [2.24, 2.45) is 5.73 Å². The van der Waals surface area contributed by atoms with Crippen LogP contribution in [0.2, 0.25) is 0 Å². The third-order valence-corrected chi connectivity index (χ3v) is 3.47. The van der Waals surface area contributed by atoms with E-state index in [0.717, 1.165) is 0 Å².